The average molecular weight is 636 g/mol. The predicted molar refractivity (Wildman–Crippen MR) is 182 cm³/mol. The standard InChI is InChI=1S/C34H49N3O5Si2/c1-24-22-37(32(39)36-31(24)35-25(2)38)30-21-28(29(41-30)23-40-43(9,10)33(3,4)5)42-44(34(6,7)8,26-17-13-11-14-18-26)27-19-15-12-16-20-27/h11-20,22,28-30H,21,23H2,1-10H3,(H,35,36,38,39)/t28-,29+,30+/m0/s1. The van der Waals surface area contributed by atoms with E-state index < -0.39 is 34.7 Å². The van der Waals surface area contributed by atoms with E-state index in [1.54, 1.807) is 6.20 Å². The lowest BCUT2D eigenvalue weighted by Gasteiger charge is -2.45. The quantitative estimate of drug-likeness (QED) is 0.301. The Morgan fingerprint density at radius 3 is 2.00 bits per heavy atom. The maximum absolute atomic E-state index is 13.3. The van der Waals surface area contributed by atoms with Gasteiger partial charge in [0.25, 0.3) is 8.32 Å². The number of aryl methyl sites for hydroxylation is 1. The number of ether oxygens (including phenoxy) is 1. The van der Waals surface area contributed by atoms with E-state index in [1.807, 2.05) is 19.1 Å². The number of benzene rings is 2. The zero-order valence-electron chi connectivity index (χ0n) is 27.9. The fourth-order valence-electron chi connectivity index (χ4n) is 5.64. The first-order chi connectivity index (χ1) is 20.5. The largest absolute Gasteiger partial charge is 0.414 e. The molecule has 4 rings (SSSR count). The van der Waals surface area contributed by atoms with Gasteiger partial charge in [-0.25, -0.2) is 4.79 Å². The highest BCUT2D eigenvalue weighted by Gasteiger charge is 2.54. The summed E-state index contributed by atoms with van der Waals surface area (Å²) < 4.78 is 22.5. The third kappa shape index (κ3) is 6.99. The van der Waals surface area contributed by atoms with E-state index >= 15 is 0 Å². The number of aromatic nitrogens is 2. The third-order valence-corrected chi connectivity index (χ3v) is 18.6. The fraction of sp³-hybridized carbons (Fsp3) is 0.500. The van der Waals surface area contributed by atoms with Gasteiger partial charge < -0.3 is 18.9 Å². The highest BCUT2D eigenvalue weighted by molar-refractivity contribution is 6.99. The molecule has 1 saturated heterocycles. The molecular weight excluding hydrogens is 587 g/mol. The molecule has 10 heteroatoms. The van der Waals surface area contributed by atoms with Crippen LogP contribution in [0, 0.1) is 6.92 Å². The number of rotatable bonds is 9. The van der Waals surface area contributed by atoms with Crippen LogP contribution in [0.2, 0.25) is 23.2 Å². The number of amides is 1. The molecule has 1 N–H and O–H groups in total. The fourth-order valence-corrected chi connectivity index (χ4v) is 11.4. The van der Waals surface area contributed by atoms with Crippen LogP contribution in [0.1, 0.15) is 66.7 Å². The van der Waals surface area contributed by atoms with Crippen molar-refractivity contribution in [1.82, 2.24) is 9.55 Å². The normalized spacial score (nSPS) is 19.6. The molecule has 1 fully saturated rings. The Morgan fingerprint density at radius 1 is 0.977 bits per heavy atom. The number of anilines is 1. The summed E-state index contributed by atoms with van der Waals surface area (Å²) in [6.07, 6.45) is 0.811. The average Bonchev–Trinajstić information content (AvgIpc) is 3.34. The summed E-state index contributed by atoms with van der Waals surface area (Å²) in [7, 11) is -5.04. The minimum absolute atomic E-state index is 0.0247. The van der Waals surface area contributed by atoms with Crippen molar-refractivity contribution >= 4 is 38.7 Å². The lowest BCUT2D eigenvalue weighted by molar-refractivity contribution is -0.114. The second-order valence-corrected chi connectivity index (χ2v) is 23.5. The molecule has 0 saturated carbocycles. The van der Waals surface area contributed by atoms with Crippen LogP contribution in [0.4, 0.5) is 5.82 Å². The molecule has 238 valence electrons. The van der Waals surface area contributed by atoms with Gasteiger partial charge in [0.2, 0.25) is 5.91 Å². The molecule has 44 heavy (non-hydrogen) atoms. The summed E-state index contributed by atoms with van der Waals surface area (Å²) in [5.41, 5.74) is 0.188. The molecule has 1 amide bonds. The molecule has 2 aromatic carbocycles. The van der Waals surface area contributed by atoms with Crippen molar-refractivity contribution in [1.29, 1.82) is 0 Å². The predicted octanol–water partition coefficient (Wildman–Crippen LogP) is 5.76. The molecule has 0 radical (unpaired) electrons. The van der Waals surface area contributed by atoms with Crippen LogP contribution in [0.3, 0.4) is 0 Å². The molecule has 8 nitrogen and oxygen atoms in total. The van der Waals surface area contributed by atoms with Gasteiger partial charge in [-0.05, 0) is 40.5 Å². The first-order valence-electron chi connectivity index (χ1n) is 15.4. The van der Waals surface area contributed by atoms with E-state index in [0.717, 1.165) is 0 Å². The lowest BCUT2D eigenvalue weighted by Crippen LogP contribution is -2.68. The van der Waals surface area contributed by atoms with E-state index in [2.05, 4.69) is 113 Å². The number of carbonyl (C=O) groups excluding carboxylic acids is 1. The van der Waals surface area contributed by atoms with Gasteiger partial charge in [0.05, 0.1) is 12.7 Å². The smallest absolute Gasteiger partial charge is 0.351 e. The maximum atomic E-state index is 13.3. The molecule has 1 aliphatic rings. The summed E-state index contributed by atoms with van der Waals surface area (Å²) in [4.78, 5) is 29.1. The number of hydrogen-bond acceptors (Lipinski definition) is 6. The summed E-state index contributed by atoms with van der Waals surface area (Å²) >= 11 is 0. The van der Waals surface area contributed by atoms with Crippen molar-refractivity contribution in [3.05, 3.63) is 82.9 Å². The Balaban J connectivity index is 1.80. The second kappa shape index (κ2) is 12.8. The summed E-state index contributed by atoms with van der Waals surface area (Å²) in [6, 6.07) is 21.1. The lowest BCUT2D eigenvalue weighted by atomic mass is 10.2. The number of nitrogens with zero attached hydrogens (tertiary/aromatic N) is 2. The molecular formula is C34H49N3O5Si2. The monoisotopic (exact) mass is 635 g/mol. The zero-order valence-corrected chi connectivity index (χ0v) is 29.9. The number of carbonyl (C=O) groups is 1. The Kier molecular flexibility index (Phi) is 9.92. The first-order valence-corrected chi connectivity index (χ1v) is 20.2. The van der Waals surface area contributed by atoms with Gasteiger partial charge in [-0.15, -0.1) is 0 Å². The third-order valence-electron chi connectivity index (χ3n) is 9.08. The van der Waals surface area contributed by atoms with Gasteiger partial charge in [0.1, 0.15) is 18.1 Å². The van der Waals surface area contributed by atoms with E-state index in [1.165, 1.54) is 21.9 Å². The molecule has 0 bridgehead atoms. The Labute approximate surface area is 264 Å². The van der Waals surface area contributed by atoms with E-state index in [4.69, 9.17) is 13.6 Å². The van der Waals surface area contributed by atoms with E-state index in [0.29, 0.717) is 18.6 Å². The minimum atomic E-state index is -2.92. The van der Waals surface area contributed by atoms with Crippen LogP contribution < -0.4 is 21.4 Å². The van der Waals surface area contributed by atoms with E-state index in [-0.39, 0.29) is 27.9 Å². The van der Waals surface area contributed by atoms with Gasteiger partial charge in [-0.1, -0.05) is 102 Å². The van der Waals surface area contributed by atoms with Gasteiger partial charge >= 0.3 is 5.69 Å². The van der Waals surface area contributed by atoms with Crippen molar-refractivity contribution in [2.45, 2.75) is 103 Å². The van der Waals surface area contributed by atoms with Crippen LogP contribution in [0.5, 0.6) is 0 Å². The zero-order chi connectivity index (χ0) is 32.5. The molecule has 1 aromatic heterocycles. The maximum Gasteiger partial charge on any atom is 0.351 e. The topological polar surface area (TPSA) is 91.7 Å². The van der Waals surface area contributed by atoms with Crippen molar-refractivity contribution in [2.75, 3.05) is 11.9 Å². The second-order valence-electron chi connectivity index (χ2n) is 14.4. The molecule has 3 atom stereocenters. The minimum Gasteiger partial charge on any atom is -0.414 e. The van der Waals surface area contributed by atoms with Crippen molar-refractivity contribution in [2.24, 2.45) is 0 Å². The van der Waals surface area contributed by atoms with Gasteiger partial charge in [0.15, 0.2) is 8.32 Å². The van der Waals surface area contributed by atoms with Crippen LogP contribution in [0.25, 0.3) is 0 Å². The molecule has 0 unspecified atom stereocenters. The highest BCUT2D eigenvalue weighted by atomic mass is 28.4. The summed E-state index contributed by atoms with van der Waals surface area (Å²) in [6.45, 7) is 21.5. The van der Waals surface area contributed by atoms with Crippen molar-refractivity contribution in [3.8, 4) is 0 Å². The number of nitrogens with one attached hydrogen (secondary N) is 1. The SMILES string of the molecule is CC(=O)Nc1nc(=O)n([C@H]2C[C@H](O[Si](c3ccccc3)(c3ccccc3)C(C)(C)C)[C@@H](CO[Si](C)(C)C(C)(C)C)O2)cc1C. The van der Waals surface area contributed by atoms with Crippen LogP contribution in [0.15, 0.2) is 71.7 Å². The molecule has 0 aliphatic carbocycles. The Hall–Kier alpha value is -2.90. The van der Waals surface area contributed by atoms with Gasteiger partial charge in [0, 0.05) is 25.1 Å². The molecule has 2 heterocycles. The van der Waals surface area contributed by atoms with Gasteiger partial charge in [-0.3, -0.25) is 9.36 Å². The molecule has 0 spiro atoms. The number of hydrogen-bond donors (Lipinski definition) is 1. The van der Waals surface area contributed by atoms with Crippen molar-refractivity contribution in [3.63, 3.8) is 0 Å². The van der Waals surface area contributed by atoms with Crippen molar-refractivity contribution < 1.29 is 18.4 Å². The first kappa shape index (κ1) is 34.0. The van der Waals surface area contributed by atoms with Crippen LogP contribution in [-0.4, -0.2) is 50.9 Å². The summed E-state index contributed by atoms with van der Waals surface area (Å²) in [5, 5.41) is 4.80. The highest BCUT2D eigenvalue weighted by Crippen LogP contribution is 2.42. The Morgan fingerprint density at radius 2 is 1.52 bits per heavy atom. The van der Waals surface area contributed by atoms with Crippen LogP contribution >= 0.6 is 0 Å². The van der Waals surface area contributed by atoms with E-state index in [9.17, 15) is 9.59 Å². The van der Waals surface area contributed by atoms with Gasteiger partial charge in [-0.2, -0.15) is 4.98 Å². The summed E-state index contributed by atoms with van der Waals surface area (Å²) in [5.74, 6) is -0.0221. The molecule has 1 aliphatic heterocycles. The van der Waals surface area contributed by atoms with Crippen LogP contribution in [-0.2, 0) is 18.4 Å². The Bertz CT molecular complexity index is 1460. The molecule has 3 aromatic rings.